The van der Waals surface area contributed by atoms with E-state index in [0.717, 1.165) is 17.7 Å². The molecular weight excluding hydrogens is 391 g/mol. The van der Waals surface area contributed by atoms with Crippen LogP contribution in [0.2, 0.25) is 0 Å². The third kappa shape index (κ3) is 3.78. The van der Waals surface area contributed by atoms with Gasteiger partial charge >= 0.3 is 6.11 Å². The van der Waals surface area contributed by atoms with Crippen LogP contribution in [0.15, 0.2) is 42.6 Å². The Kier molecular flexibility index (Phi) is 5.01. The molecule has 0 fully saturated rings. The number of halogens is 7. The third-order valence-corrected chi connectivity index (χ3v) is 3.76. The number of hydrogen-bond donors (Lipinski definition) is 0. The van der Waals surface area contributed by atoms with E-state index in [9.17, 15) is 30.7 Å². The van der Waals surface area contributed by atoms with Crippen molar-refractivity contribution in [3.05, 3.63) is 82.8 Å². The van der Waals surface area contributed by atoms with Crippen molar-refractivity contribution in [2.75, 3.05) is 0 Å². The molecule has 9 heteroatoms. The molecule has 0 radical (unpaired) electrons. The van der Waals surface area contributed by atoms with Crippen LogP contribution in [0.25, 0.3) is 11.3 Å². The van der Waals surface area contributed by atoms with Gasteiger partial charge in [-0.05, 0) is 42.8 Å². The largest absolute Gasteiger partial charge is 0.427 e. The Labute approximate surface area is 154 Å². The summed E-state index contributed by atoms with van der Waals surface area (Å²) in [6.45, 7) is 1.75. The van der Waals surface area contributed by atoms with Gasteiger partial charge in [0.05, 0.1) is 11.3 Å². The first-order valence-electron chi connectivity index (χ1n) is 7.72. The summed E-state index contributed by atoms with van der Waals surface area (Å²) in [5.41, 5.74) is -0.510. The molecular formula is C19H10F7NO. The SMILES string of the molecule is Cc1ccc(-c2cc(F)c(OC(F)(F)c3cc(F)c(F)c(F)c3)c(F)c2)nc1. The van der Waals surface area contributed by atoms with E-state index >= 15 is 0 Å². The summed E-state index contributed by atoms with van der Waals surface area (Å²) < 4.78 is 100. The lowest BCUT2D eigenvalue weighted by molar-refractivity contribution is -0.188. The molecule has 0 amide bonds. The second-order valence-corrected chi connectivity index (χ2v) is 5.86. The summed E-state index contributed by atoms with van der Waals surface area (Å²) in [5, 5.41) is 0. The van der Waals surface area contributed by atoms with Gasteiger partial charge in [-0.3, -0.25) is 4.98 Å². The molecule has 0 bridgehead atoms. The van der Waals surface area contributed by atoms with Gasteiger partial charge in [-0.2, -0.15) is 8.78 Å². The van der Waals surface area contributed by atoms with Crippen molar-refractivity contribution in [1.82, 2.24) is 4.98 Å². The van der Waals surface area contributed by atoms with E-state index in [2.05, 4.69) is 9.72 Å². The normalized spacial score (nSPS) is 11.6. The van der Waals surface area contributed by atoms with E-state index in [0.29, 0.717) is 0 Å². The van der Waals surface area contributed by atoms with Crippen LogP contribution in [0.3, 0.4) is 0 Å². The minimum Gasteiger partial charge on any atom is -0.423 e. The summed E-state index contributed by atoms with van der Waals surface area (Å²) in [7, 11) is 0. The fraction of sp³-hybridized carbons (Fsp3) is 0.105. The molecule has 28 heavy (non-hydrogen) atoms. The maximum Gasteiger partial charge on any atom is 0.427 e. The number of pyridine rings is 1. The van der Waals surface area contributed by atoms with E-state index in [1.54, 1.807) is 13.0 Å². The highest BCUT2D eigenvalue weighted by molar-refractivity contribution is 5.60. The molecule has 0 aliphatic rings. The monoisotopic (exact) mass is 401 g/mol. The van der Waals surface area contributed by atoms with Crippen molar-refractivity contribution in [3.8, 4) is 17.0 Å². The molecule has 0 atom stereocenters. The lowest BCUT2D eigenvalue weighted by Crippen LogP contribution is -2.24. The number of benzene rings is 2. The molecule has 1 aromatic heterocycles. The van der Waals surface area contributed by atoms with Crippen LogP contribution < -0.4 is 4.74 Å². The third-order valence-electron chi connectivity index (χ3n) is 3.76. The summed E-state index contributed by atoms with van der Waals surface area (Å²) in [5.74, 6) is -10.2. The van der Waals surface area contributed by atoms with E-state index in [4.69, 9.17) is 0 Å². The maximum absolute atomic E-state index is 14.2. The average molecular weight is 401 g/mol. The highest BCUT2D eigenvalue weighted by Gasteiger charge is 2.38. The quantitative estimate of drug-likeness (QED) is 0.402. The van der Waals surface area contributed by atoms with Gasteiger partial charge in [0, 0.05) is 11.8 Å². The van der Waals surface area contributed by atoms with Gasteiger partial charge < -0.3 is 4.74 Å². The number of rotatable bonds is 4. The Bertz CT molecular complexity index is 989. The Morgan fingerprint density at radius 1 is 0.821 bits per heavy atom. The summed E-state index contributed by atoms with van der Waals surface area (Å²) in [6, 6.07) is 4.49. The van der Waals surface area contributed by atoms with Gasteiger partial charge in [0.25, 0.3) is 0 Å². The van der Waals surface area contributed by atoms with Crippen LogP contribution in [-0.4, -0.2) is 4.98 Å². The minimum atomic E-state index is -4.54. The summed E-state index contributed by atoms with van der Waals surface area (Å²) >= 11 is 0. The first-order chi connectivity index (χ1) is 13.1. The standard InChI is InChI=1S/C19H10F7NO/c1-9-2-3-16(27-8-9)10-4-14(22)18(15(23)5-10)28-19(25,26)11-6-12(20)17(24)13(21)7-11/h2-8H,1H3. The summed E-state index contributed by atoms with van der Waals surface area (Å²) in [6.07, 6.45) is -3.10. The van der Waals surface area contributed by atoms with Crippen LogP contribution in [-0.2, 0) is 6.11 Å². The number of ether oxygens (including phenoxy) is 1. The number of hydrogen-bond acceptors (Lipinski definition) is 2. The van der Waals surface area contributed by atoms with Gasteiger partial charge in [-0.15, -0.1) is 0 Å². The molecule has 2 nitrogen and oxygen atoms in total. The lowest BCUT2D eigenvalue weighted by Gasteiger charge is -2.19. The lowest BCUT2D eigenvalue weighted by atomic mass is 10.1. The van der Waals surface area contributed by atoms with Crippen molar-refractivity contribution in [2.24, 2.45) is 0 Å². The van der Waals surface area contributed by atoms with Gasteiger partial charge in [0.1, 0.15) is 0 Å². The Morgan fingerprint density at radius 2 is 1.39 bits per heavy atom. The highest BCUT2D eigenvalue weighted by Crippen LogP contribution is 2.37. The van der Waals surface area contributed by atoms with Crippen LogP contribution in [0.1, 0.15) is 11.1 Å². The molecule has 0 saturated carbocycles. The minimum absolute atomic E-state index is 0.0290. The van der Waals surface area contributed by atoms with Gasteiger partial charge in [-0.1, -0.05) is 6.07 Å². The number of aryl methyl sites for hydroxylation is 1. The Morgan fingerprint density at radius 3 is 1.89 bits per heavy atom. The summed E-state index contributed by atoms with van der Waals surface area (Å²) in [4.78, 5) is 3.97. The zero-order valence-corrected chi connectivity index (χ0v) is 14.0. The van der Waals surface area contributed by atoms with Crippen molar-refractivity contribution in [1.29, 1.82) is 0 Å². The molecule has 0 saturated heterocycles. The molecule has 0 aliphatic heterocycles. The second kappa shape index (κ2) is 7.14. The molecule has 3 rings (SSSR count). The zero-order chi connectivity index (χ0) is 20.6. The molecule has 0 N–H and O–H groups in total. The fourth-order valence-electron chi connectivity index (χ4n) is 2.35. The molecule has 146 valence electrons. The van der Waals surface area contributed by atoms with E-state index in [-0.39, 0.29) is 23.4 Å². The number of nitrogens with zero attached hydrogens (tertiary/aromatic N) is 1. The predicted molar refractivity (Wildman–Crippen MR) is 85.2 cm³/mol. The maximum atomic E-state index is 14.2. The highest BCUT2D eigenvalue weighted by atomic mass is 19.3. The second-order valence-electron chi connectivity index (χ2n) is 5.86. The van der Waals surface area contributed by atoms with Gasteiger partial charge in [-0.25, -0.2) is 22.0 Å². The van der Waals surface area contributed by atoms with Crippen molar-refractivity contribution in [2.45, 2.75) is 13.0 Å². The van der Waals surface area contributed by atoms with Crippen molar-refractivity contribution >= 4 is 0 Å². The first-order valence-corrected chi connectivity index (χ1v) is 7.72. The van der Waals surface area contributed by atoms with Gasteiger partial charge in [0.2, 0.25) is 0 Å². The van der Waals surface area contributed by atoms with E-state index in [1.807, 2.05) is 0 Å². The van der Waals surface area contributed by atoms with Gasteiger partial charge in [0.15, 0.2) is 34.8 Å². The predicted octanol–water partition coefficient (Wildman–Crippen LogP) is 5.88. The molecule has 3 aromatic rings. The van der Waals surface area contributed by atoms with Crippen LogP contribution in [0, 0.1) is 36.0 Å². The molecule has 1 heterocycles. The number of alkyl halides is 2. The Balaban J connectivity index is 1.97. The zero-order valence-electron chi connectivity index (χ0n) is 14.0. The molecule has 0 unspecified atom stereocenters. The average Bonchev–Trinajstić information content (AvgIpc) is 2.62. The van der Waals surface area contributed by atoms with Crippen molar-refractivity contribution < 1.29 is 35.5 Å². The van der Waals surface area contributed by atoms with E-state index in [1.165, 1.54) is 12.3 Å². The molecule has 2 aromatic carbocycles. The topological polar surface area (TPSA) is 22.1 Å². The fourth-order valence-corrected chi connectivity index (χ4v) is 2.35. The van der Waals surface area contributed by atoms with Crippen LogP contribution >= 0.6 is 0 Å². The first kappa shape index (κ1) is 19.7. The van der Waals surface area contributed by atoms with Crippen LogP contribution in [0.4, 0.5) is 30.7 Å². The van der Waals surface area contributed by atoms with Crippen molar-refractivity contribution in [3.63, 3.8) is 0 Å². The van der Waals surface area contributed by atoms with Crippen LogP contribution in [0.5, 0.6) is 5.75 Å². The number of aromatic nitrogens is 1. The smallest absolute Gasteiger partial charge is 0.423 e. The Hall–Kier alpha value is -3.10. The van der Waals surface area contributed by atoms with E-state index < -0.39 is 46.5 Å². The molecule has 0 spiro atoms. The molecule has 0 aliphatic carbocycles.